The molecule has 1 amide bonds. The Bertz CT molecular complexity index is 899. The van der Waals surface area contributed by atoms with Crippen molar-refractivity contribution in [1.82, 2.24) is 5.32 Å². The van der Waals surface area contributed by atoms with Crippen LogP contribution in [0.4, 0.5) is 4.79 Å². The number of rotatable bonds is 6. The first kappa shape index (κ1) is 22.9. The fourth-order valence-electron chi connectivity index (χ4n) is 4.17. The van der Waals surface area contributed by atoms with E-state index in [0.717, 1.165) is 11.1 Å². The Morgan fingerprint density at radius 1 is 0.935 bits per heavy atom. The van der Waals surface area contributed by atoms with Gasteiger partial charge in [0, 0.05) is 5.92 Å². The Morgan fingerprint density at radius 3 is 1.94 bits per heavy atom. The van der Waals surface area contributed by atoms with Gasteiger partial charge in [-0.15, -0.1) is 0 Å². The first-order chi connectivity index (χ1) is 14.6. The number of fused-ring (bicyclic) bond motifs is 3. The molecule has 0 saturated heterocycles. The number of esters is 1. The Morgan fingerprint density at radius 2 is 1.45 bits per heavy atom. The van der Waals surface area contributed by atoms with Gasteiger partial charge in [-0.2, -0.15) is 0 Å². The van der Waals surface area contributed by atoms with Crippen LogP contribution in [0, 0.1) is 5.92 Å². The molecule has 1 aliphatic carbocycles. The summed E-state index contributed by atoms with van der Waals surface area (Å²) in [6.45, 7) is 11.3. The first-order valence-corrected chi connectivity index (χ1v) is 10.9. The molecule has 0 aromatic heterocycles. The number of benzene rings is 2. The van der Waals surface area contributed by atoms with Gasteiger partial charge in [-0.1, -0.05) is 62.4 Å². The molecule has 0 saturated carbocycles. The molecule has 31 heavy (non-hydrogen) atoms. The predicted molar refractivity (Wildman–Crippen MR) is 122 cm³/mol. The predicted octanol–water partition coefficient (Wildman–Crippen LogP) is 5.67. The quantitative estimate of drug-likeness (QED) is 0.608. The summed E-state index contributed by atoms with van der Waals surface area (Å²) in [5.74, 6) is -0.283. The van der Waals surface area contributed by atoms with Gasteiger partial charge >= 0.3 is 12.1 Å². The molecule has 5 heteroatoms. The molecule has 0 aliphatic heterocycles. The molecule has 3 rings (SSSR count). The fourth-order valence-corrected chi connectivity index (χ4v) is 4.17. The first-order valence-electron chi connectivity index (χ1n) is 10.9. The van der Waals surface area contributed by atoms with Crippen molar-refractivity contribution in [3.63, 3.8) is 0 Å². The topological polar surface area (TPSA) is 64.6 Å². The number of hydrogen-bond acceptors (Lipinski definition) is 4. The van der Waals surface area contributed by atoms with Crippen LogP contribution in [0.1, 0.15) is 65.0 Å². The fraction of sp³-hybridized carbons (Fsp3) is 0.462. The molecule has 0 bridgehead atoms. The van der Waals surface area contributed by atoms with Crippen molar-refractivity contribution < 1.29 is 19.1 Å². The highest BCUT2D eigenvalue weighted by atomic mass is 16.6. The molecular formula is C26H33NO4. The zero-order valence-electron chi connectivity index (χ0n) is 19.3. The van der Waals surface area contributed by atoms with E-state index in [9.17, 15) is 9.59 Å². The van der Waals surface area contributed by atoms with Gasteiger partial charge in [-0.05, 0) is 62.3 Å². The minimum absolute atomic E-state index is 0.0526. The Kier molecular flexibility index (Phi) is 6.73. The Labute approximate surface area is 185 Å². The van der Waals surface area contributed by atoms with Gasteiger partial charge in [0.15, 0.2) is 0 Å². The number of nitrogens with one attached hydrogen (secondary N) is 1. The van der Waals surface area contributed by atoms with E-state index in [2.05, 4.69) is 29.6 Å². The summed E-state index contributed by atoms with van der Waals surface area (Å²) in [7, 11) is 0. The van der Waals surface area contributed by atoms with Gasteiger partial charge in [-0.3, -0.25) is 0 Å². The molecular weight excluding hydrogens is 390 g/mol. The maximum Gasteiger partial charge on any atom is 0.408 e. The van der Waals surface area contributed by atoms with Crippen LogP contribution >= 0.6 is 0 Å². The van der Waals surface area contributed by atoms with Crippen LogP contribution < -0.4 is 5.32 Å². The monoisotopic (exact) mass is 423 g/mol. The third kappa shape index (κ3) is 5.46. The van der Waals surface area contributed by atoms with Gasteiger partial charge in [0.2, 0.25) is 0 Å². The summed E-state index contributed by atoms with van der Waals surface area (Å²) in [6, 6.07) is 15.7. The van der Waals surface area contributed by atoms with Crippen LogP contribution in [0.15, 0.2) is 48.5 Å². The molecule has 0 radical (unpaired) electrons. The smallest absolute Gasteiger partial charge is 0.408 e. The number of carbonyl (C=O) groups is 2. The van der Waals surface area contributed by atoms with Crippen molar-refractivity contribution in [1.29, 1.82) is 0 Å². The summed E-state index contributed by atoms with van der Waals surface area (Å²) in [4.78, 5) is 25.4. The lowest BCUT2D eigenvalue weighted by molar-refractivity contribution is -0.157. The van der Waals surface area contributed by atoms with Crippen LogP contribution in [-0.2, 0) is 14.3 Å². The van der Waals surface area contributed by atoms with E-state index in [0.29, 0.717) is 6.42 Å². The molecule has 5 nitrogen and oxygen atoms in total. The van der Waals surface area contributed by atoms with E-state index in [4.69, 9.17) is 9.47 Å². The molecule has 1 unspecified atom stereocenters. The molecule has 2 atom stereocenters. The summed E-state index contributed by atoms with van der Waals surface area (Å²) >= 11 is 0. The summed E-state index contributed by atoms with van der Waals surface area (Å²) < 4.78 is 11.3. The number of alkyl carbamates (subject to hydrolysis) is 1. The molecule has 2 aromatic carbocycles. The van der Waals surface area contributed by atoms with E-state index < -0.39 is 29.8 Å². The van der Waals surface area contributed by atoms with Crippen LogP contribution in [-0.4, -0.2) is 29.8 Å². The molecule has 0 spiro atoms. The molecule has 1 aliphatic rings. The minimum Gasteiger partial charge on any atom is -0.458 e. The van der Waals surface area contributed by atoms with Gasteiger partial charge in [0.25, 0.3) is 0 Å². The van der Waals surface area contributed by atoms with Crippen molar-refractivity contribution in [3.05, 3.63) is 59.7 Å². The second-order valence-electron chi connectivity index (χ2n) is 9.62. The van der Waals surface area contributed by atoms with E-state index in [1.807, 2.05) is 65.8 Å². The molecule has 2 aromatic rings. The lowest BCUT2D eigenvalue weighted by Gasteiger charge is -2.27. The number of ether oxygens (including phenoxy) is 2. The second-order valence-corrected chi connectivity index (χ2v) is 9.62. The number of hydrogen-bond donors (Lipinski definition) is 1. The van der Waals surface area contributed by atoms with Crippen molar-refractivity contribution in [2.75, 3.05) is 0 Å². The van der Waals surface area contributed by atoms with Crippen molar-refractivity contribution >= 4 is 12.1 Å². The highest BCUT2D eigenvalue weighted by molar-refractivity contribution is 5.82. The lowest BCUT2D eigenvalue weighted by atomic mass is 9.92. The van der Waals surface area contributed by atoms with Crippen LogP contribution in [0.3, 0.4) is 0 Å². The second kappa shape index (κ2) is 9.13. The van der Waals surface area contributed by atoms with Gasteiger partial charge in [0.05, 0.1) is 0 Å². The highest BCUT2D eigenvalue weighted by Gasteiger charge is 2.35. The molecule has 166 valence electrons. The van der Waals surface area contributed by atoms with E-state index >= 15 is 0 Å². The largest absolute Gasteiger partial charge is 0.458 e. The van der Waals surface area contributed by atoms with Crippen LogP contribution in [0.5, 0.6) is 0 Å². The van der Waals surface area contributed by atoms with Crippen molar-refractivity contribution in [2.45, 2.75) is 71.6 Å². The maximum atomic E-state index is 12.8. The number of amides is 1. The summed E-state index contributed by atoms with van der Waals surface area (Å²) in [5, 5.41) is 2.74. The zero-order chi connectivity index (χ0) is 22.8. The third-order valence-corrected chi connectivity index (χ3v) is 5.33. The SMILES string of the molecule is CC(C)C[C@H](NC(=O)OC(C)C1c2ccccc2-c2ccccc21)C(=O)OC(C)(C)C. The lowest BCUT2D eigenvalue weighted by Crippen LogP contribution is -2.46. The van der Waals surface area contributed by atoms with Crippen LogP contribution in [0.2, 0.25) is 0 Å². The van der Waals surface area contributed by atoms with Gasteiger partial charge in [-0.25, -0.2) is 9.59 Å². The summed E-state index contributed by atoms with van der Waals surface area (Å²) in [6.07, 6.45) is -0.526. The Balaban J connectivity index is 1.74. The average molecular weight is 424 g/mol. The third-order valence-electron chi connectivity index (χ3n) is 5.33. The zero-order valence-corrected chi connectivity index (χ0v) is 19.3. The van der Waals surface area contributed by atoms with Gasteiger partial charge < -0.3 is 14.8 Å². The number of carbonyl (C=O) groups excluding carboxylic acids is 2. The normalized spacial score (nSPS) is 15.1. The summed E-state index contributed by atoms with van der Waals surface area (Å²) in [5.41, 5.74) is 4.02. The molecule has 1 N–H and O–H groups in total. The molecule has 0 fully saturated rings. The standard InChI is InChI=1S/C26H33NO4/c1-16(2)15-22(24(28)31-26(4,5)6)27-25(29)30-17(3)23-20-13-9-7-11-18(20)19-12-8-10-14-21(19)23/h7-14,16-17,22-23H,15H2,1-6H3,(H,27,29)/t17?,22-/m0/s1. The average Bonchev–Trinajstić information content (AvgIpc) is 3.00. The Hall–Kier alpha value is -2.82. The van der Waals surface area contributed by atoms with E-state index in [-0.39, 0.29) is 11.8 Å². The van der Waals surface area contributed by atoms with Gasteiger partial charge in [0.1, 0.15) is 17.7 Å². The minimum atomic E-state index is -0.748. The van der Waals surface area contributed by atoms with Crippen molar-refractivity contribution in [3.8, 4) is 11.1 Å². The molecule has 0 heterocycles. The highest BCUT2D eigenvalue weighted by Crippen LogP contribution is 2.46. The van der Waals surface area contributed by atoms with E-state index in [1.54, 1.807) is 0 Å². The van der Waals surface area contributed by atoms with Crippen molar-refractivity contribution in [2.24, 2.45) is 5.92 Å². The maximum absolute atomic E-state index is 12.8. The van der Waals surface area contributed by atoms with E-state index in [1.165, 1.54) is 11.1 Å². The van der Waals surface area contributed by atoms with Crippen LogP contribution in [0.25, 0.3) is 11.1 Å².